The highest BCUT2D eigenvalue weighted by Crippen LogP contribution is 2.22. The van der Waals surface area contributed by atoms with Gasteiger partial charge in [-0.1, -0.05) is 48.0 Å². The van der Waals surface area contributed by atoms with Crippen LogP contribution in [0.5, 0.6) is 0 Å². The van der Waals surface area contributed by atoms with E-state index in [2.05, 4.69) is 10.6 Å². The summed E-state index contributed by atoms with van der Waals surface area (Å²) in [6.45, 7) is 2.43. The second-order valence-corrected chi connectivity index (χ2v) is 4.68. The van der Waals surface area contributed by atoms with Gasteiger partial charge < -0.3 is 10.6 Å². The van der Waals surface area contributed by atoms with Crippen LogP contribution in [0, 0.1) is 6.92 Å². The maximum atomic E-state index is 11.7. The molecule has 0 radical (unpaired) electrons. The number of anilines is 1. The van der Waals surface area contributed by atoms with E-state index in [0.717, 1.165) is 11.1 Å². The number of hydrogen-bond donors (Lipinski definition) is 2. The minimum absolute atomic E-state index is 0.269. The third-order valence-electron chi connectivity index (χ3n) is 2.67. The lowest BCUT2D eigenvalue weighted by Gasteiger charge is -2.09. The first-order chi connectivity index (χ1) is 9.15. The van der Waals surface area contributed by atoms with Crippen molar-refractivity contribution in [2.75, 3.05) is 5.32 Å². The smallest absolute Gasteiger partial charge is 0.319 e. The van der Waals surface area contributed by atoms with Crippen LogP contribution in [-0.4, -0.2) is 6.03 Å². The van der Waals surface area contributed by atoms with Crippen molar-refractivity contribution in [2.45, 2.75) is 13.5 Å². The summed E-state index contributed by atoms with van der Waals surface area (Å²) in [6, 6.07) is 15.0. The van der Waals surface area contributed by atoms with Crippen molar-refractivity contribution in [3.05, 3.63) is 64.7 Å². The first-order valence-corrected chi connectivity index (χ1v) is 6.38. The standard InChI is InChI=1S/C15H15ClN2O/c1-11-7-8-14(13(16)9-11)18-15(19)17-10-12-5-3-2-4-6-12/h2-9H,10H2,1H3,(H2,17,18,19). The monoisotopic (exact) mass is 274 g/mol. The maximum Gasteiger partial charge on any atom is 0.319 e. The summed E-state index contributed by atoms with van der Waals surface area (Å²) in [5, 5.41) is 6.04. The largest absolute Gasteiger partial charge is 0.334 e. The van der Waals surface area contributed by atoms with E-state index in [1.165, 1.54) is 0 Å². The lowest BCUT2D eigenvalue weighted by molar-refractivity contribution is 0.251. The molecule has 2 aromatic rings. The molecule has 0 unspecified atom stereocenters. The molecule has 2 N–H and O–H groups in total. The van der Waals surface area contributed by atoms with E-state index < -0.39 is 0 Å². The number of nitrogens with one attached hydrogen (secondary N) is 2. The van der Waals surface area contributed by atoms with Crippen molar-refractivity contribution < 1.29 is 4.79 Å². The van der Waals surface area contributed by atoms with Crippen LogP contribution in [0.25, 0.3) is 0 Å². The fourth-order valence-electron chi connectivity index (χ4n) is 1.67. The van der Waals surface area contributed by atoms with Crippen molar-refractivity contribution in [2.24, 2.45) is 0 Å². The molecule has 4 heteroatoms. The number of hydrogen-bond acceptors (Lipinski definition) is 1. The molecule has 0 aliphatic heterocycles. The van der Waals surface area contributed by atoms with Gasteiger partial charge in [0, 0.05) is 6.54 Å². The Balaban J connectivity index is 1.91. The molecular formula is C15H15ClN2O. The van der Waals surface area contributed by atoms with Gasteiger partial charge in [-0.3, -0.25) is 0 Å². The molecule has 0 heterocycles. The first kappa shape index (κ1) is 13.4. The molecule has 98 valence electrons. The highest BCUT2D eigenvalue weighted by molar-refractivity contribution is 6.33. The van der Waals surface area contributed by atoms with Gasteiger partial charge in [0.05, 0.1) is 10.7 Å². The second kappa shape index (κ2) is 6.25. The zero-order valence-electron chi connectivity index (χ0n) is 10.6. The van der Waals surface area contributed by atoms with Crippen LogP contribution < -0.4 is 10.6 Å². The van der Waals surface area contributed by atoms with Gasteiger partial charge in [-0.2, -0.15) is 0 Å². The van der Waals surface area contributed by atoms with E-state index in [9.17, 15) is 4.79 Å². The van der Waals surface area contributed by atoms with Crippen molar-refractivity contribution in [3.8, 4) is 0 Å². The predicted octanol–water partition coefficient (Wildman–Crippen LogP) is 3.97. The lowest BCUT2D eigenvalue weighted by atomic mass is 10.2. The third-order valence-corrected chi connectivity index (χ3v) is 2.98. The van der Waals surface area contributed by atoms with Crippen LogP contribution >= 0.6 is 11.6 Å². The zero-order valence-corrected chi connectivity index (χ0v) is 11.4. The van der Waals surface area contributed by atoms with Gasteiger partial charge in [0.15, 0.2) is 0 Å². The fourth-order valence-corrected chi connectivity index (χ4v) is 1.95. The molecule has 2 amide bonds. The minimum Gasteiger partial charge on any atom is -0.334 e. The molecule has 0 bridgehead atoms. The molecule has 19 heavy (non-hydrogen) atoms. The molecule has 0 saturated carbocycles. The molecule has 0 aliphatic rings. The highest BCUT2D eigenvalue weighted by Gasteiger charge is 2.05. The molecule has 0 aliphatic carbocycles. The topological polar surface area (TPSA) is 41.1 Å². The normalized spacial score (nSPS) is 10.0. The van der Waals surface area contributed by atoms with Crippen molar-refractivity contribution >= 4 is 23.3 Å². The number of carbonyl (C=O) groups excluding carboxylic acids is 1. The summed E-state index contributed by atoms with van der Waals surface area (Å²) < 4.78 is 0. The van der Waals surface area contributed by atoms with E-state index in [-0.39, 0.29) is 6.03 Å². The van der Waals surface area contributed by atoms with Gasteiger partial charge in [0.2, 0.25) is 0 Å². The van der Waals surface area contributed by atoms with Gasteiger partial charge in [0.25, 0.3) is 0 Å². The summed E-state index contributed by atoms with van der Waals surface area (Å²) in [7, 11) is 0. The quantitative estimate of drug-likeness (QED) is 0.874. The van der Waals surface area contributed by atoms with E-state index >= 15 is 0 Å². The molecule has 0 saturated heterocycles. The average Bonchev–Trinajstić information content (AvgIpc) is 2.41. The zero-order chi connectivity index (χ0) is 13.7. The summed E-state index contributed by atoms with van der Waals surface area (Å²) in [5.74, 6) is 0. The van der Waals surface area contributed by atoms with Crippen LogP contribution in [0.2, 0.25) is 5.02 Å². The third kappa shape index (κ3) is 4.00. The van der Waals surface area contributed by atoms with E-state index in [1.54, 1.807) is 6.07 Å². The number of carbonyl (C=O) groups is 1. The number of aryl methyl sites for hydroxylation is 1. The fraction of sp³-hybridized carbons (Fsp3) is 0.133. The van der Waals surface area contributed by atoms with Crippen LogP contribution in [-0.2, 0) is 6.54 Å². The van der Waals surface area contributed by atoms with Crippen LogP contribution in [0.1, 0.15) is 11.1 Å². The highest BCUT2D eigenvalue weighted by atomic mass is 35.5. The second-order valence-electron chi connectivity index (χ2n) is 4.28. The summed E-state index contributed by atoms with van der Waals surface area (Å²) >= 11 is 6.05. The molecule has 0 fully saturated rings. The number of amides is 2. The van der Waals surface area contributed by atoms with Crippen molar-refractivity contribution in [1.82, 2.24) is 5.32 Å². The molecule has 0 spiro atoms. The molecule has 3 nitrogen and oxygen atoms in total. The molecule has 2 rings (SSSR count). The maximum absolute atomic E-state index is 11.7. The Morgan fingerprint density at radius 1 is 1.16 bits per heavy atom. The van der Waals surface area contributed by atoms with Gasteiger partial charge in [-0.25, -0.2) is 4.79 Å². The number of urea groups is 1. The summed E-state index contributed by atoms with van der Waals surface area (Å²) in [4.78, 5) is 11.7. The Labute approximate surface area is 117 Å². The Hall–Kier alpha value is -2.00. The van der Waals surface area contributed by atoms with Crippen LogP contribution in [0.4, 0.5) is 10.5 Å². The van der Waals surface area contributed by atoms with Crippen LogP contribution in [0.15, 0.2) is 48.5 Å². The van der Waals surface area contributed by atoms with Gasteiger partial charge in [-0.05, 0) is 30.2 Å². The van der Waals surface area contributed by atoms with E-state index in [1.807, 2.05) is 49.4 Å². The van der Waals surface area contributed by atoms with Gasteiger partial charge >= 0.3 is 6.03 Å². The lowest BCUT2D eigenvalue weighted by Crippen LogP contribution is -2.28. The molecular weight excluding hydrogens is 260 g/mol. The molecule has 0 aromatic heterocycles. The Morgan fingerprint density at radius 2 is 1.89 bits per heavy atom. The SMILES string of the molecule is Cc1ccc(NC(=O)NCc2ccccc2)c(Cl)c1. The number of rotatable bonds is 3. The number of halogens is 1. The average molecular weight is 275 g/mol. The van der Waals surface area contributed by atoms with Gasteiger partial charge in [-0.15, -0.1) is 0 Å². The number of benzene rings is 2. The summed E-state index contributed by atoms with van der Waals surface area (Å²) in [5.41, 5.74) is 2.71. The Kier molecular flexibility index (Phi) is 4.42. The Bertz CT molecular complexity index is 570. The van der Waals surface area contributed by atoms with E-state index in [4.69, 9.17) is 11.6 Å². The first-order valence-electron chi connectivity index (χ1n) is 6.00. The minimum atomic E-state index is -0.269. The molecule has 2 aromatic carbocycles. The Morgan fingerprint density at radius 3 is 2.58 bits per heavy atom. The van der Waals surface area contributed by atoms with Gasteiger partial charge in [0.1, 0.15) is 0 Å². The predicted molar refractivity (Wildman–Crippen MR) is 78.5 cm³/mol. The van der Waals surface area contributed by atoms with Crippen molar-refractivity contribution in [3.63, 3.8) is 0 Å². The van der Waals surface area contributed by atoms with Crippen LogP contribution in [0.3, 0.4) is 0 Å². The van der Waals surface area contributed by atoms with E-state index in [0.29, 0.717) is 17.3 Å². The molecule has 0 atom stereocenters. The summed E-state index contributed by atoms with van der Waals surface area (Å²) in [6.07, 6.45) is 0. The van der Waals surface area contributed by atoms with Crippen molar-refractivity contribution in [1.29, 1.82) is 0 Å².